The summed E-state index contributed by atoms with van der Waals surface area (Å²) in [7, 11) is 7.32. The van der Waals surface area contributed by atoms with Gasteiger partial charge in [-0.3, -0.25) is 0 Å². The van der Waals surface area contributed by atoms with Crippen LogP contribution in [0.25, 0.3) is 10.9 Å². The highest BCUT2D eigenvalue weighted by atomic mass is 16.5. The van der Waals surface area contributed by atoms with Crippen molar-refractivity contribution < 1.29 is 9.47 Å². The summed E-state index contributed by atoms with van der Waals surface area (Å²) < 4.78 is 10.0. The van der Waals surface area contributed by atoms with Crippen molar-refractivity contribution in [3.8, 4) is 11.5 Å². The average Bonchev–Trinajstić information content (AvgIpc) is 3.24. The molecule has 2 unspecified atom stereocenters. The van der Waals surface area contributed by atoms with Crippen LogP contribution >= 0.6 is 0 Å². The highest BCUT2D eigenvalue weighted by Gasteiger charge is 2.34. The Morgan fingerprint density at radius 2 is 1.61 bits per heavy atom. The first-order valence-electron chi connectivity index (χ1n) is 11.5. The molecule has 5 rings (SSSR count). The quantitative estimate of drug-likeness (QED) is 0.554. The topological polar surface area (TPSA) is 70.5 Å². The Hall–Kier alpha value is -3.12. The van der Waals surface area contributed by atoms with Crippen molar-refractivity contribution >= 4 is 22.4 Å². The van der Waals surface area contributed by atoms with Gasteiger partial charge < -0.3 is 25.1 Å². The van der Waals surface area contributed by atoms with E-state index >= 15 is 0 Å². The minimum Gasteiger partial charge on any atom is -0.493 e. The Bertz CT molecular complexity index is 1020. The Balaban J connectivity index is 0.000000140. The van der Waals surface area contributed by atoms with Gasteiger partial charge in [-0.1, -0.05) is 30.3 Å². The average molecular weight is 449 g/mol. The fraction of sp³-hybridized carbons (Fsp3) is 0.407. The molecule has 2 aromatic carbocycles. The van der Waals surface area contributed by atoms with Gasteiger partial charge >= 0.3 is 0 Å². The molecule has 2 heterocycles. The molecule has 33 heavy (non-hydrogen) atoms. The number of hydrogen-bond donors (Lipinski definition) is 2. The van der Waals surface area contributed by atoms with Crippen LogP contribution in [0.3, 0.4) is 0 Å². The predicted octanol–water partition coefficient (Wildman–Crippen LogP) is 5.49. The number of likely N-dealkylation sites (tertiary alicyclic amines) is 1. The first kappa shape index (κ1) is 24.5. The van der Waals surface area contributed by atoms with Crippen molar-refractivity contribution in [1.82, 2.24) is 9.88 Å². The van der Waals surface area contributed by atoms with Crippen LogP contribution in [0.5, 0.6) is 11.5 Å². The van der Waals surface area contributed by atoms with Gasteiger partial charge in [-0.05, 0) is 69.1 Å². The van der Waals surface area contributed by atoms with Gasteiger partial charge in [0.1, 0.15) is 5.82 Å². The number of nitrogens with zero attached hydrogens (tertiary/aromatic N) is 2. The first-order valence-corrected chi connectivity index (χ1v) is 11.5. The largest absolute Gasteiger partial charge is 0.493 e. The third-order valence-corrected chi connectivity index (χ3v) is 6.38. The molecule has 2 fully saturated rings. The third kappa shape index (κ3) is 6.68. The molecule has 1 aliphatic carbocycles. The molecule has 0 bridgehead atoms. The Morgan fingerprint density at radius 3 is 2.27 bits per heavy atom. The molecule has 1 saturated carbocycles. The van der Waals surface area contributed by atoms with Crippen LogP contribution in [-0.2, 0) is 0 Å². The highest BCUT2D eigenvalue weighted by molar-refractivity contribution is 5.82. The molecule has 0 radical (unpaired) electrons. The molecule has 2 aliphatic rings. The van der Waals surface area contributed by atoms with Gasteiger partial charge in [-0.25, -0.2) is 4.98 Å². The fourth-order valence-corrected chi connectivity index (χ4v) is 4.45. The minimum atomic E-state index is 0.719. The summed E-state index contributed by atoms with van der Waals surface area (Å²) in [5, 5.41) is 11.8. The zero-order valence-electron chi connectivity index (χ0n) is 20.2. The van der Waals surface area contributed by atoms with Crippen LogP contribution in [-0.4, -0.2) is 56.5 Å². The number of ether oxygens (including phenoxy) is 2. The third-order valence-electron chi connectivity index (χ3n) is 6.38. The molecule has 3 aromatic rings. The number of anilines is 1. The van der Waals surface area contributed by atoms with Gasteiger partial charge in [0, 0.05) is 30.6 Å². The second kappa shape index (κ2) is 12.2. The van der Waals surface area contributed by atoms with E-state index in [2.05, 4.69) is 34.4 Å². The van der Waals surface area contributed by atoms with Gasteiger partial charge in [0.25, 0.3) is 0 Å². The number of hydrogen-bond acceptors (Lipinski definition) is 6. The summed E-state index contributed by atoms with van der Waals surface area (Å²) in [6, 6.07) is 20.4. The second-order valence-corrected chi connectivity index (χ2v) is 8.44. The van der Waals surface area contributed by atoms with Crippen molar-refractivity contribution in [2.24, 2.45) is 5.92 Å². The predicted molar refractivity (Wildman–Crippen MR) is 137 cm³/mol. The Kier molecular flexibility index (Phi) is 9.07. The minimum absolute atomic E-state index is 0.719. The molecule has 0 spiro atoms. The highest BCUT2D eigenvalue weighted by Crippen LogP contribution is 2.33. The van der Waals surface area contributed by atoms with E-state index in [0.29, 0.717) is 0 Å². The summed E-state index contributed by atoms with van der Waals surface area (Å²) in [5.41, 5.74) is 2.00. The molecule has 1 aliphatic heterocycles. The molecule has 2 N–H and O–H groups in total. The van der Waals surface area contributed by atoms with Crippen LogP contribution in [0, 0.1) is 11.3 Å². The lowest BCUT2D eigenvalue weighted by molar-refractivity contribution is 0.260. The van der Waals surface area contributed by atoms with E-state index in [9.17, 15) is 0 Å². The van der Waals surface area contributed by atoms with Gasteiger partial charge in [0.15, 0.2) is 11.5 Å². The monoisotopic (exact) mass is 448 g/mol. The number of aromatic nitrogens is 1. The standard InChI is InChI=1S/C10H10N2.C9H16N2.C8H10O2/c1-11-10-7-6-8-4-2-3-5-9(8)12-10;1-11-5-4-7-2-3-8(10)6-9(7)11;1-9-7-5-3-4-6-8(7)10-2/h2-7H,1H3,(H,11,12);7,9-10H,2-6H2,1H3;3-6H,1-2H3. The second-order valence-electron chi connectivity index (χ2n) is 8.44. The van der Waals surface area contributed by atoms with E-state index in [1.807, 2.05) is 55.6 Å². The van der Waals surface area contributed by atoms with Gasteiger partial charge in [-0.2, -0.15) is 0 Å². The number of benzene rings is 2. The van der Waals surface area contributed by atoms with E-state index in [4.69, 9.17) is 14.9 Å². The van der Waals surface area contributed by atoms with Crippen molar-refractivity contribution in [3.05, 3.63) is 60.7 Å². The maximum atomic E-state index is 7.60. The van der Waals surface area contributed by atoms with Gasteiger partial charge in [0.05, 0.1) is 19.7 Å². The molecule has 1 aromatic heterocycles. The fourth-order valence-electron chi connectivity index (χ4n) is 4.45. The normalized spacial score (nSPS) is 19.5. The van der Waals surface area contributed by atoms with Gasteiger partial charge in [0.2, 0.25) is 0 Å². The molecule has 2 atom stereocenters. The smallest absolute Gasteiger partial charge is 0.160 e. The lowest BCUT2D eigenvalue weighted by atomic mass is 9.84. The number of para-hydroxylation sites is 3. The summed E-state index contributed by atoms with van der Waals surface area (Å²) in [6.45, 7) is 1.25. The van der Waals surface area contributed by atoms with E-state index in [1.54, 1.807) is 14.2 Å². The van der Waals surface area contributed by atoms with Crippen molar-refractivity contribution in [2.75, 3.05) is 40.2 Å². The maximum Gasteiger partial charge on any atom is 0.160 e. The van der Waals surface area contributed by atoms with Gasteiger partial charge in [-0.15, -0.1) is 0 Å². The van der Waals surface area contributed by atoms with E-state index in [-0.39, 0.29) is 0 Å². The Labute approximate surface area is 197 Å². The van der Waals surface area contributed by atoms with Crippen LogP contribution < -0.4 is 14.8 Å². The first-order chi connectivity index (χ1) is 16.0. The van der Waals surface area contributed by atoms with Crippen molar-refractivity contribution in [1.29, 1.82) is 5.41 Å². The van der Waals surface area contributed by atoms with Crippen LogP contribution in [0.2, 0.25) is 0 Å². The molecule has 6 nitrogen and oxygen atoms in total. The maximum absolute atomic E-state index is 7.60. The lowest BCUT2D eigenvalue weighted by Gasteiger charge is -2.29. The van der Waals surface area contributed by atoms with Crippen LogP contribution in [0.4, 0.5) is 5.82 Å². The van der Waals surface area contributed by atoms with Crippen molar-refractivity contribution in [2.45, 2.75) is 31.7 Å². The number of methoxy groups -OCH3 is 2. The summed E-state index contributed by atoms with van der Waals surface area (Å²) in [4.78, 5) is 6.81. The number of pyridine rings is 1. The number of fused-ring (bicyclic) bond motifs is 2. The van der Waals surface area contributed by atoms with Crippen LogP contribution in [0.1, 0.15) is 25.7 Å². The molecular weight excluding hydrogens is 412 g/mol. The SMILES string of the molecule is CN1CCC2CCC(=N)CC21.CNc1ccc2ccccc2n1.COc1ccccc1OC. The summed E-state index contributed by atoms with van der Waals surface area (Å²) in [5.74, 6) is 3.36. The Morgan fingerprint density at radius 1 is 0.939 bits per heavy atom. The molecule has 6 heteroatoms. The number of nitrogens with one attached hydrogen (secondary N) is 2. The molecule has 1 saturated heterocycles. The molecular formula is C27H36N4O2. The van der Waals surface area contributed by atoms with Crippen LogP contribution in [0.15, 0.2) is 60.7 Å². The summed E-state index contributed by atoms with van der Waals surface area (Å²) in [6.07, 6.45) is 4.75. The zero-order valence-corrected chi connectivity index (χ0v) is 20.2. The van der Waals surface area contributed by atoms with E-state index < -0.39 is 0 Å². The number of rotatable bonds is 3. The molecule has 176 valence electrons. The lowest BCUT2D eigenvalue weighted by Crippen LogP contribution is -2.34. The summed E-state index contributed by atoms with van der Waals surface area (Å²) >= 11 is 0. The van der Waals surface area contributed by atoms with E-state index in [0.717, 1.165) is 53.3 Å². The van der Waals surface area contributed by atoms with E-state index in [1.165, 1.54) is 24.8 Å². The van der Waals surface area contributed by atoms with Crippen molar-refractivity contribution in [3.63, 3.8) is 0 Å². The zero-order chi connectivity index (χ0) is 23.6. The molecule has 0 amide bonds.